The van der Waals surface area contributed by atoms with Crippen LogP contribution in [0.3, 0.4) is 0 Å². The summed E-state index contributed by atoms with van der Waals surface area (Å²) in [6.07, 6.45) is 2.65. The highest BCUT2D eigenvalue weighted by molar-refractivity contribution is 7.13. The van der Waals surface area contributed by atoms with E-state index in [4.69, 9.17) is 21.1 Å². The van der Waals surface area contributed by atoms with Crippen LogP contribution in [0.4, 0.5) is 5.82 Å². The topological polar surface area (TPSA) is 182 Å². The molecule has 4 heterocycles. The van der Waals surface area contributed by atoms with Crippen molar-refractivity contribution in [1.29, 1.82) is 5.26 Å². The van der Waals surface area contributed by atoms with Gasteiger partial charge in [-0.15, -0.1) is 11.3 Å². The lowest BCUT2D eigenvalue weighted by Crippen LogP contribution is -2.74. The van der Waals surface area contributed by atoms with Crippen molar-refractivity contribution in [2.45, 2.75) is 105 Å². The standard InChI is InChI=1S/C52H66ClN9O6S/c1-32(34-12-14-35(15-13-34)43-33(2)56-31-69-43)57-46(65)40-11-10-20-62(40)47(66)44(50(3,4)5)58-42(63)30-67-26-25-60-21-23-61(24-22-60)41-19-17-37(29-55-41)45(64)59-48-51(6,7)49(52(48,8)9)68-38-18-16-36(28-54)39(53)27-38/h12-19,27,29,31-32,40,44,48-49H,10-11,20-26,30H2,1-9H3,(H,57,65)(H,58,63)(H,59,64)/t32-,40-,44?,48-,49-/m0/s1. The Balaban J connectivity index is 0.822. The third kappa shape index (κ3) is 11.5. The number of pyridine rings is 1. The number of thiazole rings is 1. The fourth-order valence-corrected chi connectivity index (χ4v) is 11.3. The number of halogens is 1. The molecule has 0 radical (unpaired) electrons. The van der Waals surface area contributed by atoms with Gasteiger partial charge in [-0.05, 0) is 67.5 Å². The number of carbonyl (C=O) groups excluding carboxylic acids is 4. The first-order valence-electron chi connectivity index (χ1n) is 23.8. The van der Waals surface area contributed by atoms with E-state index in [1.54, 1.807) is 46.7 Å². The zero-order valence-corrected chi connectivity index (χ0v) is 42.8. The molecule has 1 saturated carbocycles. The minimum Gasteiger partial charge on any atom is -0.489 e. The fraction of sp³-hybridized carbons (Fsp3) is 0.519. The first kappa shape index (κ1) is 51.3. The molecule has 15 nitrogen and oxygen atoms in total. The smallest absolute Gasteiger partial charge is 0.253 e. The number of ether oxygens (including phenoxy) is 2. The van der Waals surface area contributed by atoms with Gasteiger partial charge in [-0.25, -0.2) is 9.97 Å². The summed E-state index contributed by atoms with van der Waals surface area (Å²) in [4.78, 5) is 70.7. The van der Waals surface area contributed by atoms with Crippen LogP contribution in [0, 0.1) is 34.5 Å². The SMILES string of the molecule is Cc1ncsc1-c1ccc([C@H](C)NC(=O)[C@@H]2CCCN2C(=O)C(NC(=O)COCCN2CCN(c3ccc(C(=O)N[C@H]4C(C)(C)[C@H](Oc5ccc(C#N)c(Cl)c5)C4(C)C)cn3)CC2)C(C)(C)C)cc1. The van der Waals surface area contributed by atoms with E-state index in [0.29, 0.717) is 54.4 Å². The van der Waals surface area contributed by atoms with Crippen LogP contribution in [0.25, 0.3) is 10.4 Å². The second kappa shape index (κ2) is 21.2. The van der Waals surface area contributed by atoms with Crippen LogP contribution in [0.2, 0.25) is 5.02 Å². The number of nitrogens with zero attached hydrogens (tertiary/aromatic N) is 6. The molecule has 0 spiro atoms. The number of amides is 4. The first-order chi connectivity index (χ1) is 32.7. The molecule has 1 aliphatic carbocycles. The molecule has 2 aromatic heterocycles. The molecule has 2 aliphatic heterocycles. The molecule has 2 saturated heterocycles. The van der Waals surface area contributed by atoms with Crippen molar-refractivity contribution in [2.75, 3.05) is 57.4 Å². The Bertz CT molecular complexity index is 2510. The third-order valence-corrected chi connectivity index (χ3v) is 15.2. The maximum absolute atomic E-state index is 14.1. The van der Waals surface area contributed by atoms with Gasteiger partial charge in [0.15, 0.2) is 0 Å². The number of hydrogen-bond acceptors (Lipinski definition) is 12. The Morgan fingerprint density at radius 3 is 2.28 bits per heavy atom. The van der Waals surface area contributed by atoms with Crippen LogP contribution >= 0.6 is 22.9 Å². The number of piperazine rings is 1. The van der Waals surface area contributed by atoms with Gasteiger partial charge in [-0.1, -0.05) is 84.3 Å². The lowest BCUT2D eigenvalue weighted by atomic mass is 9.49. The van der Waals surface area contributed by atoms with E-state index < -0.39 is 28.3 Å². The summed E-state index contributed by atoms with van der Waals surface area (Å²) >= 11 is 7.85. The van der Waals surface area contributed by atoms with Crippen molar-refractivity contribution in [1.82, 2.24) is 35.7 Å². The second-order valence-electron chi connectivity index (χ2n) is 20.8. The van der Waals surface area contributed by atoms with Crippen molar-refractivity contribution in [2.24, 2.45) is 16.2 Å². The predicted octanol–water partition coefficient (Wildman–Crippen LogP) is 7.19. The summed E-state index contributed by atoms with van der Waals surface area (Å²) in [5, 5.41) is 18.9. The van der Waals surface area contributed by atoms with Crippen LogP contribution in [0.15, 0.2) is 66.3 Å². The van der Waals surface area contributed by atoms with Gasteiger partial charge in [-0.2, -0.15) is 5.26 Å². The Hall–Kier alpha value is -5.60. The minimum atomic E-state index is -0.843. The second-order valence-corrected chi connectivity index (χ2v) is 22.0. The summed E-state index contributed by atoms with van der Waals surface area (Å²) in [5.74, 6) is 0.304. The average molecular weight is 981 g/mol. The molecule has 0 bridgehead atoms. The quantitative estimate of drug-likeness (QED) is 0.0968. The maximum atomic E-state index is 14.1. The number of carbonyl (C=O) groups is 4. The van der Waals surface area contributed by atoms with Gasteiger partial charge in [0.1, 0.15) is 42.4 Å². The largest absolute Gasteiger partial charge is 0.489 e. The molecule has 3 fully saturated rings. The van der Waals surface area contributed by atoms with Crippen LogP contribution in [0.1, 0.15) is 101 Å². The average Bonchev–Trinajstić information content (AvgIpc) is 4.00. The summed E-state index contributed by atoms with van der Waals surface area (Å²) in [5.41, 5.74) is 4.33. The van der Waals surface area contributed by atoms with Gasteiger partial charge < -0.3 is 35.2 Å². The highest BCUT2D eigenvalue weighted by atomic mass is 35.5. The van der Waals surface area contributed by atoms with E-state index in [-0.39, 0.29) is 48.4 Å². The minimum absolute atomic E-state index is 0.175. The number of anilines is 1. The van der Waals surface area contributed by atoms with Crippen molar-refractivity contribution >= 4 is 52.4 Å². The first-order valence-corrected chi connectivity index (χ1v) is 25.0. The summed E-state index contributed by atoms with van der Waals surface area (Å²) < 4.78 is 12.2. The van der Waals surface area contributed by atoms with E-state index in [1.807, 2.05) is 70.5 Å². The van der Waals surface area contributed by atoms with Gasteiger partial charge in [0.05, 0.1) is 44.9 Å². The molecular weight excluding hydrogens is 914 g/mol. The lowest BCUT2D eigenvalue weighted by Gasteiger charge is -2.63. The van der Waals surface area contributed by atoms with Crippen molar-refractivity contribution in [3.05, 3.63) is 93.7 Å². The lowest BCUT2D eigenvalue weighted by molar-refractivity contribution is -0.164. The molecule has 4 amide bonds. The maximum Gasteiger partial charge on any atom is 0.253 e. The summed E-state index contributed by atoms with van der Waals surface area (Å²) in [6.45, 7) is 22.2. The Labute approximate surface area is 415 Å². The number of hydrogen-bond donors (Lipinski definition) is 3. The van der Waals surface area contributed by atoms with E-state index in [9.17, 15) is 24.4 Å². The zero-order chi connectivity index (χ0) is 49.8. The van der Waals surface area contributed by atoms with E-state index >= 15 is 0 Å². The van der Waals surface area contributed by atoms with Crippen LogP contribution < -0.4 is 25.6 Å². The fourth-order valence-electron chi connectivity index (χ4n) is 10.3. The highest BCUT2D eigenvalue weighted by Gasteiger charge is 2.64. The number of rotatable bonds is 16. The van der Waals surface area contributed by atoms with E-state index in [0.717, 1.165) is 53.7 Å². The molecule has 3 N–H and O–H groups in total. The molecule has 4 aromatic rings. The monoisotopic (exact) mass is 979 g/mol. The number of likely N-dealkylation sites (tertiary alicyclic amines) is 1. The number of benzene rings is 2. The van der Waals surface area contributed by atoms with Gasteiger partial charge in [-0.3, -0.25) is 24.1 Å². The molecule has 368 valence electrons. The zero-order valence-electron chi connectivity index (χ0n) is 41.2. The number of nitrogens with one attached hydrogen (secondary N) is 3. The van der Waals surface area contributed by atoms with Crippen molar-refractivity contribution in [3.63, 3.8) is 0 Å². The molecule has 17 heteroatoms. The van der Waals surface area contributed by atoms with Crippen LogP contribution in [0.5, 0.6) is 5.75 Å². The Kier molecular flexibility index (Phi) is 15.7. The van der Waals surface area contributed by atoms with Crippen molar-refractivity contribution in [3.8, 4) is 22.3 Å². The van der Waals surface area contributed by atoms with Crippen LogP contribution in [-0.2, 0) is 19.1 Å². The van der Waals surface area contributed by atoms with Gasteiger partial charge in [0.25, 0.3) is 5.91 Å². The summed E-state index contributed by atoms with van der Waals surface area (Å²) in [6, 6.07) is 17.0. The third-order valence-electron chi connectivity index (χ3n) is 14.0. The number of aryl methyl sites for hydroxylation is 1. The van der Waals surface area contributed by atoms with Gasteiger partial charge >= 0.3 is 0 Å². The highest BCUT2D eigenvalue weighted by Crippen LogP contribution is 2.55. The number of aromatic nitrogens is 2. The van der Waals surface area contributed by atoms with Gasteiger partial charge in [0.2, 0.25) is 17.7 Å². The molecular formula is C52H66ClN9O6S. The normalized spacial score (nSPS) is 20.8. The molecule has 2 aromatic carbocycles. The number of nitriles is 1. The molecule has 3 aliphatic rings. The Morgan fingerprint density at radius 1 is 0.957 bits per heavy atom. The van der Waals surface area contributed by atoms with E-state index in [2.05, 4.69) is 69.5 Å². The summed E-state index contributed by atoms with van der Waals surface area (Å²) in [7, 11) is 0. The molecule has 7 rings (SSSR count). The molecule has 69 heavy (non-hydrogen) atoms. The molecule has 1 unspecified atom stereocenters. The predicted molar refractivity (Wildman–Crippen MR) is 268 cm³/mol. The van der Waals surface area contributed by atoms with Crippen molar-refractivity contribution < 1.29 is 28.7 Å². The van der Waals surface area contributed by atoms with Crippen LogP contribution in [-0.4, -0.2) is 120 Å². The Morgan fingerprint density at radius 2 is 1.67 bits per heavy atom. The van der Waals surface area contributed by atoms with E-state index in [1.165, 1.54) is 0 Å². The molecule has 3 atom stereocenters. The van der Waals surface area contributed by atoms with Gasteiger partial charge in [0, 0.05) is 68.4 Å².